The van der Waals surface area contributed by atoms with Gasteiger partial charge in [-0.3, -0.25) is 14.4 Å². The van der Waals surface area contributed by atoms with Crippen LogP contribution in [0.5, 0.6) is 0 Å². The minimum Gasteiger partial charge on any atom is -0.462 e. The van der Waals surface area contributed by atoms with Gasteiger partial charge in [-0.2, -0.15) is 0 Å². The highest BCUT2D eigenvalue weighted by molar-refractivity contribution is 5.71. The molecule has 0 aromatic carbocycles. The molecule has 0 spiro atoms. The topological polar surface area (TPSA) is 78.9 Å². The molecule has 0 saturated heterocycles. The molecule has 81 heavy (non-hydrogen) atoms. The van der Waals surface area contributed by atoms with E-state index in [4.69, 9.17) is 14.2 Å². The number of ether oxygens (including phenoxy) is 3. The summed E-state index contributed by atoms with van der Waals surface area (Å²) in [4.78, 5) is 38.4. The lowest BCUT2D eigenvalue weighted by Gasteiger charge is -2.18. The van der Waals surface area contributed by atoms with Crippen molar-refractivity contribution in [2.24, 2.45) is 0 Å². The van der Waals surface area contributed by atoms with Gasteiger partial charge in [0.2, 0.25) is 0 Å². The summed E-state index contributed by atoms with van der Waals surface area (Å²) in [5, 5.41) is 0. The zero-order valence-corrected chi connectivity index (χ0v) is 54.3. The zero-order valence-electron chi connectivity index (χ0n) is 54.3. The fourth-order valence-electron chi connectivity index (χ4n) is 10.7. The standard InChI is InChI=1S/C75H136O6/c1-4-7-10-13-16-19-22-25-28-30-32-34-35-36-37-38-39-41-42-44-47-50-53-56-59-62-65-68-74(77)80-71-72(70-79-73(76)67-64-61-58-55-52-49-46-27-24-21-18-15-12-9-6-3)81-75(78)69-66-63-60-57-54-51-48-45-43-40-33-31-29-26-23-20-17-14-11-8-5-2/h9,12,18,21,23,26-27,31,33,46,72H,4-8,10-11,13-17,19-20,22,24-25,28-30,32,34-45,47-71H2,1-3H3/b12-9-,21-18-,26-23-,33-31-,46-27-. The van der Waals surface area contributed by atoms with Crippen LogP contribution >= 0.6 is 0 Å². The SMILES string of the molecule is CC/C=C\C/C=C\C/C=C\CCCCCCCC(=O)OCC(COC(=O)CCCCCCCCCCCCCCCCCCCCCCCCCCCCC)OC(=O)CCCCCCCCCCC/C=C\C/C=C\CCCCCCC. The molecule has 0 aliphatic heterocycles. The largest absolute Gasteiger partial charge is 0.462 e. The summed E-state index contributed by atoms with van der Waals surface area (Å²) in [6.45, 7) is 6.57. The van der Waals surface area contributed by atoms with E-state index in [2.05, 4.69) is 81.5 Å². The van der Waals surface area contributed by atoms with Crippen molar-refractivity contribution in [2.45, 2.75) is 386 Å². The van der Waals surface area contributed by atoms with Gasteiger partial charge in [0.25, 0.3) is 0 Å². The van der Waals surface area contributed by atoms with Crippen molar-refractivity contribution in [3.8, 4) is 0 Å². The third kappa shape index (κ3) is 67.8. The van der Waals surface area contributed by atoms with E-state index < -0.39 is 6.10 Å². The molecule has 0 bridgehead atoms. The molecule has 0 saturated carbocycles. The first-order valence-corrected chi connectivity index (χ1v) is 35.8. The molecule has 6 nitrogen and oxygen atoms in total. The molecule has 0 aliphatic rings. The predicted molar refractivity (Wildman–Crippen MR) is 353 cm³/mol. The highest BCUT2D eigenvalue weighted by Crippen LogP contribution is 2.18. The summed E-state index contributed by atoms with van der Waals surface area (Å²) < 4.78 is 17.0. The Kier molecular flexibility index (Phi) is 67.1. The Morgan fingerprint density at radius 3 is 0.753 bits per heavy atom. The van der Waals surface area contributed by atoms with E-state index in [1.807, 2.05) is 0 Å². The average molecular weight is 1130 g/mol. The number of carbonyl (C=O) groups is 3. The summed E-state index contributed by atoms with van der Waals surface area (Å²) >= 11 is 0. The van der Waals surface area contributed by atoms with Gasteiger partial charge in [-0.05, 0) is 83.5 Å². The Labute approximate surface area is 504 Å². The van der Waals surface area contributed by atoms with Crippen LogP contribution < -0.4 is 0 Å². The molecule has 0 N–H and O–H groups in total. The predicted octanol–water partition coefficient (Wildman–Crippen LogP) is 24.7. The van der Waals surface area contributed by atoms with Crippen molar-refractivity contribution in [3.05, 3.63) is 60.8 Å². The van der Waals surface area contributed by atoms with E-state index in [0.29, 0.717) is 19.3 Å². The third-order valence-corrected chi connectivity index (χ3v) is 16.0. The molecule has 0 aromatic rings. The lowest BCUT2D eigenvalue weighted by molar-refractivity contribution is -0.167. The zero-order chi connectivity index (χ0) is 58.5. The Hall–Kier alpha value is -2.89. The Morgan fingerprint density at radius 2 is 0.481 bits per heavy atom. The molecule has 1 unspecified atom stereocenters. The number of hydrogen-bond donors (Lipinski definition) is 0. The lowest BCUT2D eigenvalue weighted by atomic mass is 10.0. The quantitative estimate of drug-likeness (QED) is 0.0261. The van der Waals surface area contributed by atoms with E-state index in [-0.39, 0.29) is 31.1 Å². The minimum atomic E-state index is -0.784. The fraction of sp³-hybridized carbons (Fsp3) is 0.827. The van der Waals surface area contributed by atoms with E-state index in [0.717, 1.165) is 103 Å². The summed E-state index contributed by atoms with van der Waals surface area (Å²) in [6.07, 6.45) is 89.7. The van der Waals surface area contributed by atoms with E-state index >= 15 is 0 Å². The van der Waals surface area contributed by atoms with E-state index in [1.165, 1.54) is 238 Å². The number of hydrogen-bond acceptors (Lipinski definition) is 6. The third-order valence-electron chi connectivity index (χ3n) is 16.0. The van der Waals surface area contributed by atoms with Crippen LogP contribution in [0, 0.1) is 0 Å². The molecular formula is C75H136O6. The van der Waals surface area contributed by atoms with Gasteiger partial charge in [-0.1, -0.05) is 338 Å². The molecule has 1 atom stereocenters. The first kappa shape index (κ1) is 78.1. The second-order valence-corrected chi connectivity index (χ2v) is 24.1. The second-order valence-electron chi connectivity index (χ2n) is 24.1. The maximum atomic E-state index is 13.0. The van der Waals surface area contributed by atoms with Crippen molar-refractivity contribution in [1.82, 2.24) is 0 Å². The molecule has 0 rings (SSSR count). The molecule has 6 heteroatoms. The number of esters is 3. The molecular weight excluding hydrogens is 997 g/mol. The number of allylic oxidation sites excluding steroid dienone is 10. The highest BCUT2D eigenvalue weighted by atomic mass is 16.6. The average Bonchev–Trinajstić information content (AvgIpc) is 3.47. The van der Waals surface area contributed by atoms with Crippen molar-refractivity contribution in [3.63, 3.8) is 0 Å². The first-order chi connectivity index (χ1) is 40.0. The van der Waals surface area contributed by atoms with E-state index in [9.17, 15) is 14.4 Å². The van der Waals surface area contributed by atoms with Crippen LogP contribution in [0.15, 0.2) is 60.8 Å². The van der Waals surface area contributed by atoms with E-state index in [1.54, 1.807) is 0 Å². The smallest absolute Gasteiger partial charge is 0.306 e. The van der Waals surface area contributed by atoms with Crippen molar-refractivity contribution in [2.75, 3.05) is 13.2 Å². The van der Waals surface area contributed by atoms with Gasteiger partial charge < -0.3 is 14.2 Å². The highest BCUT2D eigenvalue weighted by Gasteiger charge is 2.19. The maximum absolute atomic E-state index is 13.0. The van der Waals surface area contributed by atoms with Crippen molar-refractivity contribution in [1.29, 1.82) is 0 Å². The van der Waals surface area contributed by atoms with Crippen LogP contribution in [0.1, 0.15) is 380 Å². The number of rotatable bonds is 66. The van der Waals surface area contributed by atoms with Crippen molar-refractivity contribution >= 4 is 17.9 Å². The Balaban J connectivity index is 4.26. The molecule has 0 fully saturated rings. The normalized spacial score (nSPS) is 12.4. The molecule has 0 radical (unpaired) electrons. The monoisotopic (exact) mass is 1130 g/mol. The Bertz CT molecular complexity index is 1440. The molecule has 0 amide bonds. The number of carbonyl (C=O) groups excluding carboxylic acids is 3. The molecule has 0 heterocycles. The summed E-state index contributed by atoms with van der Waals surface area (Å²) in [5.41, 5.74) is 0. The van der Waals surface area contributed by atoms with Crippen LogP contribution in [-0.4, -0.2) is 37.2 Å². The van der Waals surface area contributed by atoms with Crippen LogP contribution in [-0.2, 0) is 28.6 Å². The molecule has 0 aliphatic carbocycles. The van der Waals surface area contributed by atoms with Gasteiger partial charge >= 0.3 is 17.9 Å². The summed E-state index contributed by atoms with van der Waals surface area (Å²) in [7, 11) is 0. The van der Waals surface area contributed by atoms with Crippen molar-refractivity contribution < 1.29 is 28.6 Å². The van der Waals surface area contributed by atoms with Gasteiger partial charge in [0.05, 0.1) is 0 Å². The second kappa shape index (κ2) is 69.6. The Morgan fingerprint density at radius 1 is 0.259 bits per heavy atom. The van der Waals surface area contributed by atoms with Gasteiger partial charge in [0, 0.05) is 19.3 Å². The van der Waals surface area contributed by atoms with Gasteiger partial charge in [0.15, 0.2) is 6.10 Å². The van der Waals surface area contributed by atoms with Gasteiger partial charge in [0.1, 0.15) is 13.2 Å². The fourth-order valence-corrected chi connectivity index (χ4v) is 10.7. The van der Waals surface area contributed by atoms with Crippen LogP contribution in [0.2, 0.25) is 0 Å². The van der Waals surface area contributed by atoms with Gasteiger partial charge in [-0.25, -0.2) is 0 Å². The van der Waals surface area contributed by atoms with Crippen LogP contribution in [0.3, 0.4) is 0 Å². The molecule has 472 valence electrons. The van der Waals surface area contributed by atoms with Gasteiger partial charge in [-0.15, -0.1) is 0 Å². The summed E-state index contributed by atoms with van der Waals surface area (Å²) in [5.74, 6) is -0.876. The van der Waals surface area contributed by atoms with Crippen LogP contribution in [0.4, 0.5) is 0 Å². The van der Waals surface area contributed by atoms with Crippen LogP contribution in [0.25, 0.3) is 0 Å². The lowest BCUT2D eigenvalue weighted by Crippen LogP contribution is -2.30. The maximum Gasteiger partial charge on any atom is 0.306 e. The number of unbranched alkanes of at least 4 members (excludes halogenated alkanes) is 45. The minimum absolute atomic E-state index is 0.0780. The molecule has 0 aromatic heterocycles. The summed E-state index contributed by atoms with van der Waals surface area (Å²) in [6, 6.07) is 0. The first-order valence-electron chi connectivity index (χ1n) is 35.8.